The number of anilines is 1. The second-order valence-corrected chi connectivity index (χ2v) is 14.4. The van der Waals surface area contributed by atoms with Crippen LogP contribution in [0.1, 0.15) is 162 Å². The van der Waals surface area contributed by atoms with Crippen molar-refractivity contribution in [3.63, 3.8) is 0 Å². The number of fused-ring (bicyclic) bond motifs is 1. The van der Waals surface area contributed by atoms with Crippen LogP contribution in [0, 0.1) is 5.92 Å². The van der Waals surface area contributed by atoms with Gasteiger partial charge in [0.15, 0.2) is 17.3 Å². The number of unbranched alkanes of at least 4 members (excludes halogenated alkanes) is 17. The third-order valence-corrected chi connectivity index (χ3v) is 10.2. The maximum atomic E-state index is 15.1. The second kappa shape index (κ2) is 23.5. The van der Waals surface area contributed by atoms with Crippen LogP contribution < -0.4 is 17.0 Å². The van der Waals surface area contributed by atoms with E-state index in [2.05, 4.69) is 21.9 Å². The average Bonchev–Trinajstić information content (AvgIpc) is 3.71. The lowest BCUT2D eigenvalue weighted by atomic mass is 10.0. The number of ether oxygens (including phenoxy) is 3. The van der Waals surface area contributed by atoms with Crippen LogP contribution in [0.15, 0.2) is 11.1 Å². The van der Waals surface area contributed by atoms with Crippen molar-refractivity contribution in [3.8, 4) is 0 Å². The maximum absolute atomic E-state index is 15.1. The Morgan fingerprint density at radius 1 is 0.941 bits per heavy atom. The Morgan fingerprint density at radius 3 is 2.04 bits per heavy atom. The molecule has 1 aliphatic rings. The number of nitrogens with two attached hydrogens (primary N) is 2. The third kappa shape index (κ3) is 14.5. The molecular weight excluding hydrogens is 655 g/mol. The minimum atomic E-state index is -1.46. The van der Waals surface area contributed by atoms with Gasteiger partial charge in [0.25, 0.3) is 5.56 Å². The maximum Gasteiger partial charge on any atom is 0.347 e. The molecule has 5 N–H and O–H groups in total. The molecule has 2 aromatic heterocycles. The van der Waals surface area contributed by atoms with E-state index < -0.39 is 48.1 Å². The standard InChI is InChI=1S/C38H65FN6O6/c1-4-6-7-8-9-10-11-12-13-14-15-16-17-18-19-20-21-22-23-29(51-37(48)32(40)27(3)5-2)36(47)49-25-30-28(39)24-31(50-30)45-26-42-33-34(45)43-38(41)44-35(33)46/h26-32H,4-25,40H2,1-3H3,(H3,41,43,44,46)/t27-,28-,29?,30+,31+,32-/m0/s1. The fourth-order valence-corrected chi connectivity index (χ4v) is 6.58. The molecule has 0 bridgehead atoms. The molecule has 3 rings (SSSR count). The highest BCUT2D eigenvalue weighted by atomic mass is 19.1. The number of aromatic nitrogens is 4. The number of hydrogen-bond donors (Lipinski definition) is 3. The summed E-state index contributed by atoms with van der Waals surface area (Å²) < 4.78 is 33.4. The zero-order valence-electron chi connectivity index (χ0n) is 31.4. The summed E-state index contributed by atoms with van der Waals surface area (Å²) in [5, 5.41) is 0. The number of halogens is 1. The summed E-state index contributed by atoms with van der Waals surface area (Å²) in [6, 6.07) is -0.861. The number of hydrogen-bond acceptors (Lipinski definition) is 10. The van der Waals surface area contributed by atoms with E-state index in [1.807, 2.05) is 13.8 Å². The monoisotopic (exact) mass is 720 g/mol. The molecule has 51 heavy (non-hydrogen) atoms. The van der Waals surface area contributed by atoms with Gasteiger partial charge >= 0.3 is 11.9 Å². The van der Waals surface area contributed by atoms with Crippen molar-refractivity contribution in [2.24, 2.45) is 11.7 Å². The van der Waals surface area contributed by atoms with Crippen molar-refractivity contribution in [1.29, 1.82) is 0 Å². The molecular formula is C38H65FN6O6. The highest BCUT2D eigenvalue weighted by molar-refractivity contribution is 5.82. The Balaban J connectivity index is 1.36. The first-order valence-corrected chi connectivity index (χ1v) is 19.8. The van der Waals surface area contributed by atoms with E-state index in [0.29, 0.717) is 19.3 Å². The van der Waals surface area contributed by atoms with Gasteiger partial charge in [0, 0.05) is 6.42 Å². The Labute approximate surface area is 303 Å². The number of rotatable bonds is 27. The van der Waals surface area contributed by atoms with Crippen molar-refractivity contribution < 1.29 is 28.2 Å². The summed E-state index contributed by atoms with van der Waals surface area (Å²) >= 11 is 0. The first-order valence-electron chi connectivity index (χ1n) is 19.8. The molecule has 3 heterocycles. The van der Waals surface area contributed by atoms with Gasteiger partial charge in [0.1, 0.15) is 31.2 Å². The molecule has 0 aromatic carbocycles. The summed E-state index contributed by atoms with van der Waals surface area (Å²) in [4.78, 5) is 48.7. The Bertz CT molecular complexity index is 1350. The highest BCUT2D eigenvalue weighted by Gasteiger charge is 2.39. The van der Waals surface area contributed by atoms with Crippen molar-refractivity contribution in [2.45, 2.75) is 186 Å². The molecule has 6 atom stereocenters. The van der Waals surface area contributed by atoms with Crippen LogP contribution in [-0.4, -0.2) is 62.5 Å². The predicted molar refractivity (Wildman–Crippen MR) is 198 cm³/mol. The lowest BCUT2D eigenvalue weighted by molar-refractivity contribution is -0.173. The number of alkyl halides is 1. The smallest absolute Gasteiger partial charge is 0.347 e. The number of imidazole rings is 1. The lowest BCUT2D eigenvalue weighted by Crippen LogP contribution is -2.42. The molecule has 0 aliphatic carbocycles. The number of carbonyl (C=O) groups is 2. The van der Waals surface area contributed by atoms with Gasteiger partial charge in [-0.25, -0.2) is 14.2 Å². The first kappa shape index (κ1) is 42.4. The zero-order chi connectivity index (χ0) is 37.0. The highest BCUT2D eigenvalue weighted by Crippen LogP contribution is 2.32. The Kier molecular flexibility index (Phi) is 19.5. The molecule has 1 saturated heterocycles. The number of nitrogen functional groups attached to an aromatic ring is 1. The fourth-order valence-electron chi connectivity index (χ4n) is 6.58. The molecule has 0 radical (unpaired) electrons. The molecule has 290 valence electrons. The van der Waals surface area contributed by atoms with Crippen LogP contribution in [0.2, 0.25) is 0 Å². The van der Waals surface area contributed by atoms with Gasteiger partial charge in [0.2, 0.25) is 5.95 Å². The second-order valence-electron chi connectivity index (χ2n) is 14.4. The van der Waals surface area contributed by atoms with E-state index in [1.165, 1.54) is 101 Å². The van der Waals surface area contributed by atoms with E-state index in [-0.39, 0.29) is 36.1 Å². The van der Waals surface area contributed by atoms with Gasteiger partial charge in [0.05, 0.1) is 6.33 Å². The molecule has 0 spiro atoms. The van der Waals surface area contributed by atoms with Gasteiger partial charge in [-0.1, -0.05) is 136 Å². The van der Waals surface area contributed by atoms with Crippen molar-refractivity contribution >= 4 is 29.1 Å². The summed E-state index contributed by atoms with van der Waals surface area (Å²) in [7, 11) is 0. The molecule has 13 heteroatoms. The van der Waals surface area contributed by atoms with Crippen LogP contribution in [0.5, 0.6) is 0 Å². The molecule has 12 nitrogen and oxygen atoms in total. The quantitative estimate of drug-likeness (QED) is 0.0615. The van der Waals surface area contributed by atoms with Gasteiger partial charge in [-0.15, -0.1) is 0 Å². The number of H-pyrrole nitrogens is 1. The predicted octanol–water partition coefficient (Wildman–Crippen LogP) is 7.59. The number of esters is 2. The van der Waals surface area contributed by atoms with E-state index in [4.69, 9.17) is 25.7 Å². The van der Waals surface area contributed by atoms with Crippen molar-refractivity contribution in [3.05, 3.63) is 16.7 Å². The van der Waals surface area contributed by atoms with Gasteiger partial charge in [-0.05, 0) is 18.8 Å². The normalized spacial score (nSPS) is 19.3. The van der Waals surface area contributed by atoms with Crippen LogP contribution in [0.3, 0.4) is 0 Å². The molecule has 0 amide bonds. The minimum Gasteiger partial charge on any atom is -0.460 e. The summed E-state index contributed by atoms with van der Waals surface area (Å²) in [5.74, 6) is -1.61. The summed E-state index contributed by atoms with van der Waals surface area (Å²) in [6.45, 7) is 5.68. The van der Waals surface area contributed by atoms with Crippen LogP contribution in [0.25, 0.3) is 11.2 Å². The first-order chi connectivity index (χ1) is 24.7. The number of aromatic amines is 1. The Morgan fingerprint density at radius 2 is 1.49 bits per heavy atom. The van der Waals surface area contributed by atoms with E-state index >= 15 is 4.39 Å². The SMILES string of the molecule is CCCCCCCCCCCCCCCCCCCCC(OC(=O)[C@@H](N)[C@@H](C)CC)C(=O)OC[C@H]1O[C@@H](n2cnc3c(=O)[nH]c(N)nc32)C[C@@H]1F. The zero-order valence-corrected chi connectivity index (χ0v) is 31.4. The van der Waals surface area contributed by atoms with Crippen molar-refractivity contribution in [2.75, 3.05) is 12.3 Å². The molecule has 0 saturated carbocycles. The number of nitrogens with zero attached hydrogens (tertiary/aromatic N) is 3. The van der Waals surface area contributed by atoms with Crippen LogP contribution in [-0.2, 0) is 23.8 Å². The van der Waals surface area contributed by atoms with Crippen LogP contribution in [0.4, 0.5) is 10.3 Å². The molecule has 2 aromatic rings. The lowest BCUT2D eigenvalue weighted by Gasteiger charge is -2.22. The summed E-state index contributed by atoms with van der Waals surface area (Å²) in [6.07, 6.45) is 20.3. The van der Waals surface area contributed by atoms with Gasteiger partial charge in [-0.3, -0.25) is 19.1 Å². The third-order valence-electron chi connectivity index (χ3n) is 10.2. The Hall–Kier alpha value is -3.06. The topological polar surface area (TPSA) is 177 Å². The van der Waals surface area contributed by atoms with E-state index in [0.717, 1.165) is 19.3 Å². The largest absolute Gasteiger partial charge is 0.460 e. The van der Waals surface area contributed by atoms with Gasteiger partial charge in [-0.2, -0.15) is 4.98 Å². The minimum absolute atomic E-state index is 0.0536. The van der Waals surface area contributed by atoms with E-state index in [9.17, 15) is 14.4 Å². The fraction of sp³-hybridized carbons (Fsp3) is 0.816. The molecule has 1 fully saturated rings. The number of nitrogens with one attached hydrogen (secondary N) is 1. The van der Waals surface area contributed by atoms with Crippen LogP contribution >= 0.6 is 0 Å². The average molecular weight is 721 g/mol. The van der Waals surface area contributed by atoms with E-state index in [1.54, 1.807) is 0 Å². The molecule has 1 unspecified atom stereocenters. The summed E-state index contributed by atoms with van der Waals surface area (Å²) in [5.41, 5.74) is 11.5. The van der Waals surface area contributed by atoms with Crippen molar-refractivity contribution in [1.82, 2.24) is 19.5 Å². The number of carbonyl (C=O) groups excluding carboxylic acids is 2. The van der Waals surface area contributed by atoms with Gasteiger partial charge < -0.3 is 25.7 Å². The molecule has 1 aliphatic heterocycles.